The van der Waals surface area contributed by atoms with Crippen LogP contribution in [0.25, 0.3) is 10.2 Å². The molecule has 0 bridgehead atoms. The fourth-order valence-corrected chi connectivity index (χ4v) is 2.71. The molecular formula is C13H14N4OS. The van der Waals surface area contributed by atoms with Crippen molar-refractivity contribution in [3.8, 4) is 0 Å². The van der Waals surface area contributed by atoms with Crippen LogP contribution in [0.5, 0.6) is 0 Å². The summed E-state index contributed by atoms with van der Waals surface area (Å²) < 4.78 is 6.70. The Hall–Kier alpha value is -1.95. The van der Waals surface area contributed by atoms with Gasteiger partial charge in [0.1, 0.15) is 0 Å². The van der Waals surface area contributed by atoms with Crippen LogP contribution >= 0.6 is 11.3 Å². The topological polar surface area (TPSA) is 55.1 Å². The monoisotopic (exact) mass is 274 g/mol. The van der Waals surface area contributed by atoms with E-state index >= 15 is 0 Å². The van der Waals surface area contributed by atoms with E-state index in [1.165, 1.54) is 4.70 Å². The first-order valence-electron chi connectivity index (χ1n) is 6.14. The number of hydrogen-bond donors (Lipinski definition) is 0. The number of benzene rings is 1. The third-order valence-electron chi connectivity index (χ3n) is 2.79. The number of rotatable bonds is 4. The number of aryl methyl sites for hydroxylation is 1. The number of thiazole rings is 1. The maximum atomic E-state index is 5.51. The van der Waals surface area contributed by atoms with E-state index in [1.54, 1.807) is 11.3 Å². The van der Waals surface area contributed by atoms with Crippen molar-refractivity contribution in [2.75, 3.05) is 11.9 Å². The summed E-state index contributed by atoms with van der Waals surface area (Å²) in [4.78, 5) is 6.62. The lowest BCUT2D eigenvalue weighted by atomic mass is 10.3. The number of fused-ring (bicyclic) bond motifs is 1. The molecule has 98 valence electrons. The summed E-state index contributed by atoms with van der Waals surface area (Å²) in [6, 6.07) is 8.12. The van der Waals surface area contributed by atoms with Crippen molar-refractivity contribution in [3.63, 3.8) is 0 Å². The smallest absolute Gasteiger partial charge is 0.235 e. The van der Waals surface area contributed by atoms with Gasteiger partial charge in [-0.3, -0.25) is 0 Å². The molecule has 2 aromatic heterocycles. The Kier molecular flexibility index (Phi) is 3.16. The average molecular weight is 274 g/mol. The first-order valence-corrected chi connectivity index (χ1v) is 6.96. The fourth-order valence-electron chi connectivity index (χ4n) is 1.79. The molecule has 0 fully saturated rings. The van der Waals surface area contributed by atoms with Crippen molar-refractivity contribution in [3.05, 3.63) is 36.0 Å². The van der Waals surface area contributed by atoms with Gasteiger partial charge in [-0.05, 0) is 12.1 Å². The molecule has 0 saturated heterocycles. The molecule has 6 heteroatoms. The van der Waals surface area contributed by atoms with E-state index in [0.717, 1.165) is 17.1 Å². The van der Waals surface area contributed by atoms with Crippen molar-refractivity contribution < 1.29 is 4.42 Å². The third kappa shape index (κ3) is 2.44. The summed E-state index contributed by atoms with van der Waals surface area (Å²) in [6.45, 7) is 2.57. The molecule has 0 unspecified atom stereocenters. The van der Waals surface area contributed by atoms with E-state index < -0.39 is 0 Å². The SMILES string of the molecule is CCc1nnc(CN(C)c2nc3ccccc3s2)o1. The molecule has 1 aromatic carbocycles. The summed E-state index contributed by atoms with van der Waals surface area (Å²) in [5.74, 6) is 1.30. The summed E-state index contributed by atoms with van der Waals surface area (Å²) in [6.07, 6.45) is 0.762. The number of nitrogens with zero attached hydrogens (tertiary/aromatic N) is 4. The van der Waals surface area contributed by atoms with Crippen molar-refractivity contribution in [2.45, 2.75) is 19.9 Å². The van der Waals surface area contributed by atoms with E-state index in [4.69, 9.17) is 4.42 Å². The Balaban J connectivity index is 1.81. The zero-order valence-corrected chi connectivity index (χ0v) is 11.6. The van der Waals surface area contributed by atoms with Crippen molar-refractivity contribution >= 4 is 26.7 Å². The van der Waals surface area contributed by atoms with E-state index in [2.05, 4.69) is 21.2 Å². The largest absolute Gasteiger partial charge is 0.423 e. The lowest BCUT2D eigenvalue weighted by Gasteiger charge is -2.12. The Morgan fingerprint density at radius 2 is 2.00 bits per heavy atom. The second-order valence-corrected chi connectivity index (χ2v) is 5.27. The highest BCUT2D eigenvalue weighted by Crippen LogP contribution is 2.28. The van der Waals surface area contributed by atoms with Gasteiger partial charge in [-0.2, -0.15) is 0 Å². The van der Waals surface area contributed by atoms with Crippen LogP contribution in [-0.4, -0.2) is 22.2 Å². The van der Waals surface area contributed by atoms with Gasteiger partial charge in [-0.1, -0.05) is 30.4 Å². The standard InChI is InChI=1S/C13H14N4OS/c1-3-11-15-16-12(18-11)8-17(2)13-14-9-6-4-5-7-10(9)19-13/h4-7H,3,8H2,1-2H3. The molecule has 0 amide bonds. The highest BCUT2D eigenvalue weighted by atomic mass is 32.1. The molecule has 0 spiro atoms. The minimum Gasteiger partial charge on any atom is -0.423 e. The first kappa shape index (κ1) is 12.1. The maximum Gasteiger partial charge on any atom is 0.235 e. The van der Waals surface area contributed by atoms with Gasteiger partial charge in [0.05, 0.1) is 16.8 Å². The van der Waals surface area contributed by atoms with Gasteiger partial charge >= 0.3 is 0 Å². The zero-order chi connectivity index (χ0) is 13.2. The van der Waals surface area contributed by atoms with E-state index in [0.29, 0.717) is 18.3 Å². The minimum atomic E-state index is 0.576. The highest BCUT2D eigenvalue weighted by Gasteiger charge is 2.12. The van der Waals surface area contributed by atoms with Crippen LogP contribution in [0.3, 0.4) is 0 Å². The van der Waals surface area contributed by atoms with Crippen LogP contribution in [0.15, 0.2) is 28.7 Å². The molecule has 19 heavy (non-hydrogen) atoms. The zero-order valence-electron chi connectivity index (χ0n) is 10.8. The Bertz CT molecular complexity index is 658. The van der Waals surface area contributed by atoms with Crippen LogP contribution in [-0.2, 0) is 13.0 Å². The normalized spacial score (nSPS) is 11.1. The lowest BCUT2D eigenvalue weighted by Crippen LogP contribution is -2.16. The van der Waals surface area contributed by atoms with Gasteiger partial charge in [-0.15, -0.1) is 10.2 Å². The molecular weight excluding hydrogens is 260 g/mol. The number of anilines is 1. The summed E-state index contributed by atoms with van der Waals surface area (Å²) in [7, 11) is 1.98. The summed E-state index contributed by atoms with van der Waals surface area (Å²) in [5, 5.41) is 8.94. The van der Waals surface area contributed by atoms with Crippen LogP contribution in [0.4, 0.5) is 5.13 Å². The van der Waals surface area contributed by atoms with Crippen LogP contribution in [0.2, 0.25) is 0 Å². The van der Waals surface area contributed by atoms with Gasteiger partial charge in [0.2, 0.25) is 11.8 Å². The van der Waals surface area contributed by atoms with Gasteiger partial charge < -0.3 is 9.32 Å². The summed E-state index contributed by atoms with van der Waals surface area (Å²) >= 11 is 1.66. The first-order chi connectivity index (χ1) is 9.26. The van der Waals surface area contributed by atoms with Crippen molar-refractivity contribution in [1.29, 1.82) is 0 Å². The molecule has 2 heterocycles. The lowest BCUT2D eigenvalue weighted by molar-refractivity contribution is 0.452. The molecule has 3 aromatic rings. The van der Waals surface area contributed by atoms with E-state index in [9.17, 15) is 0 Å². The van der Waals surface area contributed by atoms with Gasteiger partial charge in [-0.25, -0.2) is 4.98 Å². The number of hydrogen-bond acceptors (Lipinski definition) is 6. The predicted octanol–water partition coefficient (Wildman–Crippen LogP) is 2.88. The molecule has 0 saturated carbocycles. The van der Waals surface area contributed by atoms with Crippen molar-refractivity contribution in [2.24, 2.45) is 0 Å². The van der Waals surface area contributed by atoms with Gasteiger partial charge in [0.25, 0.3) is 0 Å². The predicted molar refractivity (Wildman–Crippen MR) is 75.4 cm³/mol. The van der Waals surface area contributed by atoms with Crippen LogP contribution < -0.4 is 4.90 Å². The quantitative estimate of drug-likeness (QED) is 0.732. The van der Waals surface area contributed by atoms with Crippen LogP contribution in [0.1, 0.15) is 18.7 Å². The molecule has 3 rings (SSSR count). The number of aromatic nitrogens is 3. The molecule has 0 N–H and O–H groups in total. The van der Waals surface area contributed by atoms with Crippen molar-refractivity contribution in [1.82, 2.24) is 15.2 Å². The second-order valence-electron chi connectivity index (χ2n) is 4.26. The van der Waals surface area contributed by atoms with E-state index in [-0.39, 0.29) is 0 Å². The molecule has 5 nitrogen and oxygen atoms in total. The molecule has 0 aliphatic carbocycles. The molecule has 0 atom stereocenters. The Morgan fingerprint density at radius 1 is 1.21 bits per heavy atom. The molecule has 0 radical (unpaired) electrons. The minimum absolute atomic E-state index is 0.576. The maximum absolute atomic E-state index is 5.51. The highest BCUT2D eigenvalue weighted by molar-refractivity contribution is 7.22. The Labute approximate surface area is 114 Å². The third-order valence-corrected chi connectivity index (χ3v) is 3.94. The molecule has 0 aliphatic rings. The summed E-state index contributed by atoms with van der Waals surface area (Å²) in [5.41, 5.74) is 1.02. The van der Waals surface area contributed by atoms with E-state index in [1.807, 2.05) is 37.1 Å². The Morgan fingerprint density at radius 3 is 2.74 bits per heavy atom. The number of para-hydroxylation sites is 1. The fraction of sp³-hybridized carbons (Fsp3) is 0.308. The van der Waals surface area contributed by atoms with Gasteiger partial charge in [0.15, 0.2) is 5.13 Å². The van der Waals surface area contributed by atoms with Crippen LogP contribution in [0, 0.1) is 0 Å². The second kappa shape index (κ2) is 4.97. The average Bonchev–Trinajstić information content (AvgIpc) is 3.04. The van der Waals surface area contributed by atoms with Gasteiger partial charge in [0, 0.05) is 13.5 Å². The molecule has 0 aliphatic heterocycles.